The van der Waals surface area contributed by atoms with Gasteiger partial charge in [-0.3, -0.25) is 0 Å². The van der Waals surface area contributed by atoms with Crippen LogP contribution < -0.4 is 5.32 Å². The maximum Gasteiger partial charge on any atom is 0.123 e. The first-order valence-electron chi connectivity index (χ1n) is 4.43. The van der Waals surface area contributed by atoms with Crippen LogP contribution in [0.1, 0.15) is 11.6 Å². The molecular formula is C10H12FNO. The largest absolute Gasteiger partial charge is 0.378 e. The van der Waals surface area contributed by atoms with Crippen molar-refractivity contribution in [3.05, 3.63) is 35.6 Å². The molecule has 1 aliphatic heterocycles. The molecule has 0 unspecified atom stereocenters. The summed E-state index contributed by atoms with van der Waals surface area (Å²) < 4.78 is 18.1. The average molecular weight is 181 g/mol. The smallest absolute Gasteiger partial charge is 0.123 e. The Morgan fingerprint density at radius 3 is 3.08 bits per heavy atom. The maximum atomic E-state index is 12.9. The van der Waals surface area contributed by atoms with Gasteiger partial charge >= 0.3 is 0 Å². The Kier molecular flexibility index (Phi) is 2.57. The van der Waals surface area contributed by atoms with Crippen molar-refractivity contribution in [1.29, 1.82) is 0 Å². The Bertz CT molecular complexity index is 284. The predicted octanol–water partition coefficient (Wildman–Crippen LogP) is 1.49. The van der Waals surface area contributed by atoms with Gasteiger partial charge in [-0.1, -0.05) is 12.1 Å². The van der Waals surface area contributed by atoms with Gasteiger partial charge in [0, 0.05) is 6.54 Å². The lowest BCUT2D eigenvalue weighted by Gasteiger charge is -2.24. The molecule has 0 bridgehead atoms. The molecule has 0 saturated carbocycles. The quantitative estimate of drug-likeness (QED) is 0.708. The first-order chi connectivity index (χ1) is 6.36. The molecule has 0 amide bonds. The van der Waals surface area contributed by atoms with Crippen molar-refractivity contribution >= 4 is 0 Å². The molecule has 2 rings (SSSR count). The van der Waals surface area contributed by atoms with E-state index in [1.54, 1.807) is 12.1 Å². The Morgan fingerprint density at radius 2 is 2.38 bits per heavy atom. The Morgan fingerprint density at radius 1 is 1.46 bits per heavy atom. The third-order valence-electron chi connectivity index (χ3n) is 2.17. The molecule has 1 aliphatic rings. The zero-order valence-electron chi connectivity index (χ0n) is 7.29. The zero-order chi connectivity index (χ0) is 9.10. The highest BCUT2D eigenvalue weighted by Gasteiger charge is 2.14. The first kappa shape index (κ1) is 8.66. The van der Waals surface area contributed by atoms with Gasteiger partial charge in [0.25, 0.3) is 0 Å². The fourth-order valence-corrected chi connectivity index (χ4v) is 1.50. The van der Waals surface area contributed by atoms with Crippen molar-refractivity contribution < 1.29 is 9.13 Å². The van der Waals surface area contributed by atoms with Crippen LogP contribution in [0.5, 0.6) is 0 Å². The first-order valence-corrected chi connectivity index (χ1v) is 4.43. The van der Waals surface area contributed by atoms with Crippen molar-refractivity contribution in [1.82, 2.24) is 5.32 Å². The Labute approximate surface area is 76.7 Å². The Hall–Kier alpha value is -0.930. The number of halogens is 1. The van der Waals surface area contributed by atoms with Crippen LogP contribution in [-0.4, -0.2) is 19.8 Å². The second-order valence-corrected chi connectivity index (χ2v) is 3.14. The molecule has 1 aromatic rings. The number of hydrogen-bond acceptors (Lipinski definition) is 2. The van der Waals surface area contributed by atoms with Crippen LogP contribution in [0.25, 0.3) is 0 Å². The van der Waals surface area contributed by atoms with E-state index in [4.69, 9.17) is 4.74 Å². The minimum atomic E-state index is -0.190. The molecule has 0 aliphatic carbocycles. The van der Waals surface area contributed by atoms with Crippen molar-refractivity contribution in [2.24, 2.45) is 0 Å². The van der Waals surface area contributed by atoms with Gasteiger partial charge in [-0.2, -0.15) is 0 Å². The molecule has 0 radical (unpaired) electrons. The van der Waals surface area contributed by atoms with Crippen LogP contribution in [0, 0.1) is 5.82 Å². The summed E-state index contributed by atoms with van der Waals surface area (Å²) in [6.07, 6.45) is 0. The number of benzene rings is 1. The topological polar surface area (TPSA) is 21.3 Å². The van der Waals surface area contributed by atoms with Crippen molar-refractivity contribution in [2.75, 3.05) is 19.8 Å². The van der Waals surface area contributed by atoms with E-state index in [1.165, 1.54) is 6.07 Å². The van der Waals surface area contributed by atoms with Crippen molar-refractivity contribution in [3.63, 3.8) is 0 Å². The molecule has 1 atom stereocenters. The summed E-state index contributed by atoms with van der Waals surface area (Å²) in [6.45, 7) is 2.20. The van der Waals surface area contributed by atoms with E-state index < -0.39 is 0 Å². The lowest BCUT2D eigenvalue weighted by molar-refractivity contribution is 0.0768. The van der Waals surface area contributed by atoms with E-state index in [9.17, 15) is 4.39 Å². The fourth-order valence-electron chi connectivity index (χ4n) is 1.50. The molecule has 1 saturated heterocycles. The molecule has 13 heavy (non-hydrogen) atoms. The third-order valence-corrected chi connectivity index (χ3v) is 2.17. The molecule has 1 fully saturated rings. The number of ether oxygens (including phenoxy) is 1. The fraction of sp³-hybridized carbons (Fsp3) is 0.400. The third kappa shape index (κ3) is 2.05. The molecule has 1 heterocycles. The number of nitrogens with one attached hydrogen (secondary N) is 1. The molecular weight excluding hydrogens is 169 g/mol. The van der Waals surface area contributed by atoms with Crippen LogP contribution in [0.15, 0.2) is 24.3 Å². The summed E-state index contributed by atoms with van der Waals surface area (Å²) in [5.74, 6) is -0.190. The molecule has 0 spiro atoms. The zero-order valence-corrected chi connectivity index (χ0v) is 7.29. The highest BCUT2D eigenvalue weighted by Crippen LogP contribution is 2.16. The normalized spacial score (nSPS) is 23.0. The van der Waals surface area contributed by atoms with Gasteiger partial charge in [0.2, 0.25) is 0 Å². The minimum Gasteiger partial charge on any atom is -0.378 e. The number of rotatable bonds is 1. The van der Waals surface area contributed by atoms with Crippen LogP contribution >= 0.6 is 0 Å². The summed E-state index contributed by atoms with van der Waals surface area (Å²) in [6, 6.07) is 6.78. The Balaban J connectivity index is 2.14. The lowest BCUT2D eigenvalue weighted by Crippen LogP contribution is -2.34. The maximum absolute atomic E-state index is 12.9. The summed E-state index contributed by atoms with van der Waals surface area (Å²) in [4.78, 5) is 0. The van der Waals surface area contributed by atoms with Crippen LogP contribution in [0.3, 0.4) is 0 Å². The van der Waals surface area contributed by atoms with E-state index in [-0.39, 0.29) is 11.9 Å². The van der Waals surface area contributed by atoms with Crippen molar-refractivity contribution in [2.45, 2.75) is 6.04 Å². The van der Waals surface area contributed by atoms with Crippen LogP contribution in [-0.2, 0) is 4.74 Å². The lowest BCUT2D eigenvalue weighted by atomic mass is 10.1. The van der Waals surface area contributed by atoms with E-state index in [0.29, 0.717) is 6.61 Å². The van der Waals surface area contributed by atoms with Crippen molar-refractivity contribution in [3.8, 4) is 0 Å². The highest BCUT2D eigenvalue weighted by molar-refractivity contribution is 5.20. The van der Waals surface area contributed by atoms with Gasteiger partial charge in [-0.15, -0.1) is 0 Å². The van der Waals surface area contributed by atoms with Gasteiger partial charge in [0.15, 0.2) is 0 Å². The van der Waals surface area contributed by atoms with Gasteiger partial charge in [0.1, 0.15) is 5.82 Å². The molecule has 1 aromatic carbocycles. The standard InChI is InChI=1S/C10H12FNO/c11-9-3-1-2-8(6-9)10-7-13-5-4-12-10/h1-3,6,10,12H,4-5,7H2/t10-/m1/s1. The molecule has 70 valence electrons. The van der Waals surface area contributed by atoms with E-state index in [2.05, 4.69) is 5.32 Å². The van der Waals surface area contributed by atoms with E-state index in [0.717, 1.165) is 18.7 Å². The van der Waals surface area contributed by atoms with E-state index >= 15 is 0 Å². The highest BCUT2D eigenvalue weighted by atomic mass is 19.1. The van der Waals surface area contributed by atoms with Crippen LogP contribution in [0.4, 0.5) is 4.39 Å². The predicted molar refractivity (Wildman–Crippen MR) is 48.0 cm³/mol. The molecule has 3 heteroatoms. The average Bonchev–Trinajstić information content (AvgIpc) is 2.19. The summed E-state index contributed by atoms with van der Waals surface area (Å²) >= 11 is 0. The van der Waals surface area contributed by atoms with Gasteiger partial charge < -0.3 is 10.1 Å². The monoisotopic (exact) mass is 181 g/mol. The second-order valence-electron chi connectivity index (χ2n) is 3.14. The molecule has 0 aromatic heterocycles. The van der Waals surface area contributed by atoms with Gasteiger partial charge in [-0.05, 0) is 17.7 Å². The second kappa shape index (κ2) is 3.85. The summed E-state index contributed by atoms with van der Waals surface area (Å²) in [7, 11) is 0. The molecule has 1 N–H and O–H groups in total. The number of hydrogen-bond donors (Lipinski definition) is 1. The SMILES string of the molecule is Fc1cccc([C@H]2COCCN2)c1. The minimum absolute atomic E-state index is 0.143. The van der Waals surface area contributed by atoms with Gasteiger partial charge in [0.05, 0.1) is 19.3 Å². The summed E-state index contributed by atoms with van der Waals surface area (Å²) in [5, 5.41) is 3.27. The van der Waals surface area contributed by atoms with Crippen LogP contribution in [0.2, 0.25) is 0 Å². The van der Waals surface area contributed by atoms with Gasteiger partial charge in [-0.25, -0.2) is 4.39 Å². The van der Waals surface area contributed by atoms with E-state index in [1.807, 2.05) is 6.07 Å². The molecule has 2 nitrogen and oxygen atoms in total. The summed E-state index contributed by atoms with van der Waals surface area (Å²) in [5.41, 5.74) is 0.958. The number of morpholine rings is 1.